The van der Waals surface area contributed by atoms with Gasteiger partial charge in [-0.1, -0.05) is 26.1 Å². The molecule has 14 heavy (non-hydrogen) atoms. The van der Waals surface area contributed by atoms with E-state index in [2.05, 4.69) is 0 Å². The third-order valence-electron chi connectivity index (χ3n) is 2.64. The van der Waals surface area contributed by atoms with Gasteiger partial charge in [0.15, 0.2) is 0 Å². The van der Waals surface area contributed by atoms with Gasteiger partial charge in [0.1, 0.15) is 0 Å². The van der Waals surface area contributed by atoms with E-state index in [1.807, 2.05) is 0 Å². The Morgan fingerprint density at radius 2 is 1.79 bits per heavy atom. The summed E-state index contributed by atoms with van der Waals surface area (Å²) in [6.07, 6.45) is 0.409. The number of carbonyl (C=O) groups excluding carboxylic acids is 2. The Bertz CT molecular complexity index is 271. The van der Waals surface area contributed by atoms with Crippen molar-refractivity contribution in [3.05, 3.63) is 0 Å². The molecule has 5 heteroatoms. The topological polar surface area (TPSA) is 63.4 Å². The summed E-state index contributed by atoms with van der Waals surface area (Å²) in [4.78, 5) is 24.7. The van der Waals surface area contributed by atoms with Gasteiger partial charge in [-0.05, 0) is 0 Å². The zero-order chi connectivity index (χ0) is 10.9. The van der Waals surface area contributed by atoms with Crippen LogP contribution in [0.5, 0.6) is 0 Å². The normalized spacial score (nSPS) is 27.1. The van der Waals surface area contributed by atoms with Crippen LogP contribution in [0.1, 0.15) is 20.3 Å². The van der Waals surface area contributed by atoms with Crippen LogP contribution in [0, 0.1) is 11.8 Å². The van der Waals surface area contributed by atoms with E-state index in [1.54, 1.807) is 13.8 Å². The standard InChI is InChI=1S/C9H14N2O2S/c1-5-6(2)9(13)11(8(5)12)4-3-7(10)14/h5-6H,3-4H2,1-2H3,(H2,10,14). The molecule has 1 heterocycles. The van der Waals surface area contributed by atoms with Gasteiger partial charge in [-0.25, -0.2) is 0 Å². The Kier molecular flexibility index (Phi) is 3.21. The average molecular weight is 214 g/mol. The smallest absolute Gasteiger partial charge is 0.232 e. The lowest BCUT2D eigenvalue weighted by Crippen LogP contribution is -2.33. The molecule has 2 atom stereocenters. The number of carbonyl (C=O) groups is 2. The van der Waals surface area contributed by atoms with Crippen molar-refractivity contribution in [3.63, 3.8) is 0 Å². The van der Waals surface area contributed by atoms with Gasteiger partial charge in [-0.2, -0.15) is 0 Å². The molecule has 0 saturated carbocycles. The maximum absolute atomic E-state index is 11.6. The van der Waals surface area contributed by atoms with E-state index in [9.17, 15) is 9.59 Å². The molecule has 0 spiro atoms. The van der Waals surface area contributed by atoms with Crippen LogP contribution in [0.4, 0.5) is 0 Å². The Morgan fingerprint density at radius 3 is 2.14 bits per heavy atom. The summed E-state index contributed by atoms with van der Waals surface area (Å²) < 4.78 is 0. The zero-order valence-corrected chi connectivity index (χ0v) is 9.13. The zero-order valence-electron chi connectivity index (χ0n) is 8.32. The maximum Gasteiger partial charge on any atom is 0.232 e. The summed E-state index contributed by atoms with van der Waals surface area (Å²) in [5, 5.41) is 0. The Hall–Kier alpha value is -0.970. The maximum atomic E-state index is 11.6. The molecule has 78 valence electrons. The molecule has 2 unspecified atom stereocenters. The van der Waals surface area contributed by atoms with Gasteiger partial charge >= 0.3 is 0 Å². The number of rotatable bonds is 3. The van der Waals surface area contributed by atoms with Gasteiger partial charge in [0.05, 0.1) is 4.99 Å². The quantitative estimate of drug-likeness (QED) is 0.542. The molecule has 0 radical (unpaired) electrons. The Labute approximate surface area is 88.4 Å². The van der Waals surface area contributed by atoms with E-state index in [0.717, 1.165) is 0 Å². The number of imide groups is 1. The summed E-state index contributed by atoms with van der Waals surface area (Å²) in [5.41, 5.74) is 5.31. The molecule has 0 aliphatic carbocycles. The van der Waals surface area contributed by atoms with E-state index >= 15 is 0 Å². The number of amides is 2. The van der Waals surface area contributed by atoms with E-state index in [4.69, 9.17) is 18.0 Å². The fourth-order valence-electron chi connectivity index (χ4n) is 1.47. The highest BCUT2D eigenvalue weighted by Crippen LogP contribution is 2.25. The number of thiocarbonyl (C=S) groups is 1. The highest BCUT2D eigenvalue weighted by molar-refractivity contribution is 7.80. The molecule has 0 aromatic rings. The lowest BCUT2D eigenvalue weighted by molar-refractivity contribution is -0.139. The fraction of sp³-hybridized carbons (Fsp3) is 0.667. The van der Waals surface area contributed by atoms with E-state index in [-0.39, 0.29) is 23.7 Å². The van der Waals surface area contributed by atoms with E-state index in [1.165, 1.54) is 4.90 Å². The van der Waals surface area contributed by atoms with Crippen LogP contribution >= 0.6 is 12.2 Å². The number of likely N-dealkylation sites (tertiary alicyclic amines) is 1. The van der Waals surface area contributed by atoms with Crippen molar-refractivity contribution < 1.29 is 9.59 Å². The van der Waals surface area contributed by atoms with Crippen LogP contribution in [0.15, 0.2) is 0 Å². The molecule has 0 aromatic heterocycles. The van der Waals surface area contributed by atoms with Gasteiger partial charge in [0.2, 0.25) is 11.8 Å². The largest absolute Gasteiger partial charge is 0.393 e. The first-order valence-corrected chi connectivity index (χ1v) is 4.99. The minimum atomic E-state index is -0.214. The SMILES string of the molecule is CC1C(=O)N(CCC(N)=S)C(=O)C1C. The summed E-state index contributed by atoms with van der Waals surface area (Å²) in [6.45, 7) is 3.86. The lowest BCUT2D eigenvalue weighted by Gasteiger charge is -2.13. The van der Waals surface area contributed by atoms with Crippen LogP contribution in [-0.2, 0) is 9.59 Å². The third kappa shape index (κ3) is 1.92. The van der Waals surface area contributed by atoms with Crippen molar-refractivity contribution in [2.75, 3.05) is 6.54 Å². The van der Waals surface area contributed by atoms with Gasteiger partial charge in [-0.15, -0.1) is 0 Å². The first kappa shape index (κ1) is 11.1. The molecule has 0 aromatic carbocycles. The molecule has 1 fully saturated rings. The molecule has 2 N–H and O–H groups in total. The number of nitrogens with two attached hydrogens (primary N) is 1. The average Bonchev–Trinajstić information content (AvgIpc) is 2.29. The van der Waals surface area contributed by atoms with Crippen LogP contribution in [-0.4, -0.2) is 28.2 Å². The number of hydrogen-bond donors (Lipinski definition) is 1. The molecular formula is C9H14N2O2S. The van der Waals surface area contributed by atoms with E-state index in [0.29, 0.717) is 18.0 Å². The Balaban J connectivity index is 2.66. The predicted octanol–water partition coefficient (Wildman–Crippen LogP) is 0.304. The summed E-state index contributed by atoms with van der Waals surface area (Å²) in [6, 6.07) is 0. The second kappa shape index (κ2) is 4.04. The van der Waals surface area contributed by atoms with Crippen molar-refractivity contribution in [1.82, 2.24) is 4.90 Å². The second-order valence-electron chi connectivity index (χ2n) is 3.62. The van der Waals surface area contributed by atoms with Gasteiger partial charge in [0, 0.05) is 24.8 Å². The Morgan fingerprint density at radius 1 is 1.36 bits per heavy atom. The summed E-state index contributed by atoms with van der Waals surface area (Å²) in [5.74, 6) is -0.653. The molecule has 1 aliphatic rings. The first-order chi connectivity index (χ1) is 6.45. The summed E-state index contributed by atoms with van der Waals surface area (Å²) >= 11 is 4.69. The molecule has 1 rings (SSSR count). The molecule has 4 nitrogen and oxygen atoms in total. The predicted molar refractivity (Wildman–Crippen MR) is 56.5 cm³/mol. The first-order valence-electron chi connectivity index (χ1n) is 4.58. The number of nitrogens with zero attached hydrogens (tertiary/aromatic N) is 1. The van der Waals surface area contributed by atoms with Gasteiger partial charge < -0.3 is 5.73 Å². The van der Waals surface area contributed by atoms with Gasteiger partial charge in [0.25, 0.3) is 0 Å². The van der Waals surface area contributed by atoms with Crippen LogP contribution in [0.25, 0.3) is 0 Å². The molecule has 1 saturated heterocycles. The van der Waals surface area contributed by atoms with Crippen molar-refractivity contribution >= 4 is 29.0 Å². The van der Waals surface area contributed by atoms with Crippen molar-refractivity contribution in [2.45, 2.75) is 20.3 Å². The fourth-order valence-corrected chi connectivity index (χ4v) is 1.56. The van der Waals surface area contributed by atoms with E-state index < -0.39 is 0 Å². The van der Waals surface area contributed by atoms with Gasteiger partial charge in [-0.3, -0.25) is 14.5 Å². The van der Waals surface area contributed by atoms with Crippen molar-refractivity contribution in [2.24, 2.45) is 17.6 Å². The molecule has 0 bridgehead atoms. The number of hydrogen-bond acceptors (Lipinski definition) is 3. The second-order valence-corrected chi connectivity index (χ2v) is 4.15. The minimum absolute atomic E-state index is 0.112. The third-order valence-corrected chi connectivity index (χ3v) is 2.85. The summed E-state index contributed by atoms with van der Waals surface area (Å²) in [7, 11) is 0. The van der Waals surface area contributed by atoms with Crippen molar-refractivity contribution in [3.8, 4) is 0 Å². The van der Waals surface area contributed by atoms with Crippen LogP contribution < -0.4 is 5.73 Å². The van der Waals surface area contributed by atoms with Crippen LogP contribution in [0.2, 0.25) is 0 Å². The molecule has 1 aliphatic heterocycles. The van der Waals surface area contributed by atoms with Crippen molar-refractivity contribution in [1.29, 1.82) is 0 Å². The molecule has 2 amide bonds. The highest BCUT2D eigenvalue weighted by atomic mass is 32.1. The monoisotopic (exact) mass is 214 g/mol. The van der Waals surface area contributed by atoms with Crippen LogP contribution in [0.3, 0.4) is 0 Å². The molecular weight excluding hydrogens is 200 g/mol. The highest BCUT2D eigenvalue weighted by Gasteiger charge is 2.41. The minimum Gasteiger partial charge on any atom is -0.393 e. The lowest BCUT2D eigenvalue weighted by atomic mass is 10.00.